The van der Waals surface area contributed by atoms with E-state index in [1.54, 1.807) is 12.1 Å². The molecule has 0 saturated heterocycles. The molecule has 0 saturated carbocycles. The molecule has 1 N–H and O–H groups in total. The molecule has 5 nitrogen and oxygen atoms in total. The van der Waals surface area contributed by atoms with Crippen LogP contribution in [0.25, 0.3) is 0 Å². The number of furan rings is 1. The highest BCUT2D eigenvalue weighted by atomic mass is 32.2. The minimum Gasteiger partial charge on any atom is -0.744 e. The maximum atomic E-state index is 10.4. The summed E-state index contributed by atoms with van der Waals surface area (Å²) < 4.78 is 36.3. The van der Waals surface area contributed by atoms with Gasteiger partial charge in [-0.15, -0.1) is 0 Å². The third kappa shape index (κ3) is 5.56. The molecule has 0 spiro atoms. The summed E-state index contributed by atoms with van der Waals surface area (Å²) in [7, 11) is -4.27. The van der Waals surface area contributed by atoms with Gasteiger partial charge in [-0.3, -0.25) is 0 Å². The molecule has 0 atom stereocenters. The van der Waals surface area contributed by atoms with Crippen molar-refractivity contribution in [3.05, 3.63) is 53.5 Å². The van der Waals surface area contributed by atoms with E-state index >= 15 is 0 Å². The Morgan fingerprint density at radius 1 is 1.10 bits per heavy atom. The first kappa shape index (κ1) is 16.4. The Bertz CT molecular complexity index is 626. The zero-order valence-corrected chi connectivity index (χ0v) is 12.2. The molecule has 0 bridgehead atoms. The molecule has 1 aromatic heterocycles. The summed E-state index contributed by atoms with van der Waals surface area (Å²) in [5, 5.41) is 8.47. The minimum absolute atomic E-state index is 0.160. The largest absolute Gasteiger partial charge is 0.744 e. The quantitative estimate of drug-likeness (QED) is 0.875. The molecule has 110 valence electrons. The van der Waals surface area contributed by atoms with E-state index in [2.05, 4.69) is 0 Å². The van der Waals surface area contributed by atoms with Crippen LogP contribution < -0.4 is 0 Å². The van der Waals surface area contributed by atoms with E-state index in [-0.39, 0.29) is 11.5 Å². The molecule has 0 aliphatic heterocycles. The number of aryl methyl sites for hydroxylation is 2. The van der Waals surface area contributed by atoms with E-state index in [9.17, 15) is 13.0 Å². The Balaban J connectivity index is 0.000000204. The Kier molecular flexibility index (Phi) is 5.94. The third-order valence-corrected chi connectivity index (χ3v) is 3.31. The number of benzene rings is 1. The van der Waals surface area contributed by atoms with Crippen LogP contribution in [0.2, 0.25) is 0 Å². The van der Waals surface area contributed by atoms with Crippen molar-refractivity contribution in [2.45, 2.75) is 25.2 Å². The van der Waals surface area contributed by atoms with Crippen molar-refractivity contribution in [1.82, 2.24) is 0 Å². The number of hydrogen-bond donors (Lipinski definition) is 1. The third-order valence-electron chi connectivity index (χ3n) is 2.46. The average Bonchev–Trinajstić information content (AvgIpc) is 2.76. The summed E-state index contributed by atoms with van der Waals surface area (Å²) in [5.41, 5.74) is 0.928. The summed E-state index contributed by atoms with van der Waals surface area (Å²) in [4.78, 5) is -0.178. The monoisotopic (exact) mass is 297 g/mol. The van der Waals surface area contributed by atoms with E-state index in [1.807, 2.05) is 26.0 Å². The Morgan fingerprint density at radius 2 is 1.70 bits per heavy atom. The second-order valence-corrected chi connectivity index (χ2v) is 5.63. The maximum Gasteiger partial charge on any atom is 0.124 e. The molecule has 0 radical (unpaired) electrons. The van der Waals surface area contributed by atoms with Crippen molar-refractivity contribution >= 4 is 10.1 Å². The van der Waals surface area contributed by atoms with Crippen molar-refractivity contribution in [1.29, 1.82) is 0 Å². The second kappa shape index (κ2) is 7.23. The van der Waals surface area contributed by atoms with Gasteiger partial charge in [0, 0.05) is 6.42 Å². The van der Waals surface area contributed by atoms with Gasteiger partial charge in [-0.05, 0) is 38.1 Å². The highest BCUT2D eigenvalue weighted by Gasteiger charge is 1.97. The van der Waals surface area contributed by atoms with Gasteiger partial charge in [-0.2, -0.15) is 0 Å². The van der Waals surface area contributed by atoms with Crippen molar-refractivity contribution in [2.24, 2.45) is 0 Å². The predicted molar refractivity (Wildman–Crippen MR) is 73.4 cm³/mol. The van der Waals surface area contributed by atoms with Crippen molar-refractivity contribution < 1.29 is 22.5 Å². The molecule has 6 heteroatoms. The van der Waals surface area contributed by atoms with Crippen molar-refractivity contribution in [2.75, 3.05) is 6.61 Å². The fourth-order valence-electron chi connectivity index (χ4n) is 1.43. The first-order valence-electron chi connectivity index (χ1n) is 6.01. The smallest absolute Gasteiger partial charge is 0.124 e. The van der Waals surface area contributed by atoms with Gasteiger partial charge in [0.25, 0.3) is 0 Å². The lowest BCUT2D eigenvalue weighted by Crippen LogP contribution is -1.97. The van der Waals surface area contributed by atoms with Crippen LogP contribution in [-0.2, 0) is 16.5 Å². The molecule has 1 heterocycles. The normalized spacial score (nSPS) is 10.8. The van der Waals surface area contributed by atoms with Gasteiger partial charge in [0.1, 0.15) is 21.6 Å². The summed E-state index contributed by atoms with van der Waals surface area (Å²) in [5.74, 6) is 1.76. The van der Waals surface area contributed by atoms with Crippen LogP contribution in [0.5, 0.6) is 0 Å². The lowest BCUT2D eigenvalue weighted by atomic mass is 10.2. The van der Waals surface area contributed by atoms with Gasteiger partial charge < -0.3 is 14.1 Å². The summed E-state index contributed by atoms with van der Waals surface area (Å²) >= 11 is 0. The Hall–Kier alpha value is -1.63. The van der Waals surface area contributed by atoms with Crippen LogP contribution in [-0.4, -0.2) is 24.7 Å². The molecule has 1 aromatic carbocycles. The summed E-state index contributed by atoms with van der Waals surface area (Å²) in [6, 6.07) is 9.56. The van der Waals surface area contributed by atoms with Crippen molar-refractivity contribution in [3.8, 4) is 0 Å². The fourth-order valence-corrected chi connectivity index (χ4v) is 1.90. The number of aliphatic hydroxyl groups excluding tert-OH is 1. The van der Waals surface area contributed by atoms with Gasteiger partial charge in [0.2, 0.25) is 0 Å². The van der Waals surface area contributed by atoms with Gasteiger partial charge in [0.15, 0.2) is 0 Å². The summed E-state index contributed by atoms with van der Waals surface area (Å²) in [6.07, 6.45) is 0.619. The molecular weight excluding hydrogens is 280 g/mol. The lowest BCUT2D eigenvalue weighted by Gasteiger charge is -2.05. The zero-order chi connectivity index (χ0) is 15.2. The summed E-state index contributed by atoms with van der Waals surface area (Å²) in [6.45, 7) is 3.87. The highest BCUT2D eigenvalue weighted by molar-refractivity contribution is 7.85. The van der Waals surface area contributed by atoms with Crippen LogP contribution in [0.3, 0.4) is 0 Å². The minimum atomic E-state index is -4.27. The first-order valence-corrected chi connectivity index (χ1v) is 7.42. The van der Waals surface area contributed by atoms with Gasteiger partial charge >= 0.3 is 0 Å². The zero-order valence-electron chi connectivity index (χ0n) is 11.4. The van der Waals surface area contributed by atoms with Crippen LogP contribution in [0.1, 0.15) is 17.1 Å². The molecule has 0 aliphatic carbocycles. The topological polar surface area (TPSA) is 90.6 Å². The van der Waals surface area contributed by atoms with E-state index in [0.717, 1.165) is 17.1 Å². The van der Waals surface area contributed by atoms with Crippen LogP contribution in [0, 0.1) is 13.8 Å². The molecular formula is C14H17O5S-. The number of aliphatic hydroxyl groups is 1. The molecule has 0 unspecified atom stereocenters. The molecule has 2 rings (SSSR count). The standard InChI is InChI=1S/C7H8O3S.C7H10O2/c1-6-2-4-7(5-3-6)11(8,9)10;1-6-2-3-7(9-6)4-5-8/h2-5H,1H3,(H,8,9,10);2-3,8H,4-5H2,1H3/p-1. The van der Waals surface area contributed by atoms with Crippen LogP contribution in [0.15, 0.2) is 45.7 Å². The van der Waals surface area contributed by atoms with Gasteiger partial charge in [0.05, 0.1) is 11.5 Å². The molecule has 2 aromatic rings. The molecule has 20 heavy (non-hydrogen) atoms. The average molecular weight is 297 g/mol. The number of rotatable bonds is 3. The first-order chi connectivity index (χ1) is 9.32. The number of hydrogen-bond acceptors (Lipinski definition) is 5. The fraction of sp³-hybridized carbons (Fsp3) is 0.286. The van der Waals surface area contributed by atoms with E-state index < -0.39 is 10.1 Å². The highest BCUT2D eigenvalue weighted by Crippen LogP contribution is 2.08. The van der Waals surface area contributed by atoms with Gasteiger partial charge in [-0.1, -0.05) is 17.7 Å². The molecule has 0 fully saturated rings. The Labute approximate surface area is 118 Å². The predicted octanol–water partition coefficient (Wildman–Crippen LogP) is 2.02. The molecule has 0 amide bonds. The molecule has 0 aliphatic rings. The SMILES string of the molecule is Cc1ccc(CCO)o1.Cc1ccc(S(=O)(=O)[O-])cc1. The van der Waals surface area contributed by atoms with Crippen molar-refractivity contribution in [3.63, 3.8) is 0 Å². The van der Waals surface area contributed by atoms with Crippen LogP contribution in [0.4, 0.5) is 0 Å². The Morgan fingerprint density at radius 3 is 2.10 bits per heavy atom. The van der Waals surface area contributed by atoms with Gasteiger partial charge in [-0.25, -0.2) is 8.42 Å². The second-order valence-electron chi connectivity index (χ2n) is 4.25. The van der Waals surface area contributed by atoms with E-state index in [0.29, 0.717) is 6.42 Å². The lowest BCUT2D eigenvalue weighted by molar-refractivity contribution is 0.287. The van der Waals surface area contributed by atoms with E-state index in [4.69, 9.17) is 9.52 Å². The van der Waals surface area contributed by atoms with Crippen LogP contribution >= 0.6 is 0 Å². The maximum absolute atomic E-state index is 10.4. The van der Waals surface area contributed by atoms with E-state index in [1.165, 1.54) is 12.1 Å².